The van der Waals surface area contributed by atoms with Crippen LogP contribution in [0.2, 0.25) is 0 Å². The molecule has 0 unspecified atom stereocenters. The molecule has 1 heterocycles. The second-order valence-electron chi connectivity index (χ2n) is 7.06. The van der Waals surface area contributed by atoms with Crippen molar-refractivity contribution in [3.63, 3.8) is 0 Å². The minimum absolute atomic E-state index is 0.0565. The lowest BCUT2D eigenvalue weighted by Gasteiger charge is -2.20. The number of aliphatic hydroxyl groups excluding tert-OH is 1. The zero-order valence-electron chi connectivity index (χ0n) is 14.9. The van der Waals surface area contributed by atoms with E-state index in [1.54, 1.807) is 0 Å². The molecule has 1 aliphatic carbocycles. The van der Waals surface area contributed by atoms with Crippen molar-refractivity contribution in [3.05, 3.63) is 40.0 Å². The molecule has 1 atom stereocenters. The molecule has 1 aliphatic rings. The first kappa shape index (κ1) is 18.1. The van der Waals surface area contributed by atoms with E-state index in [2.05, 4.69) is 69.4 Å². The van der Waals surface area contributed by atoms with Crippen LogP contribution in [0, 0.1) is 12.8 Å². The number of anilines is 3. The van der Waals surface area contributed by atoms with Gasteiger partial charge in [-0.05, 0) is 59.3 Å². The Morgan fingerprint density at radius 1 is 1.24 bits per heavy atom. The van der Waals surface area contributed by atoms with Crippen molar-refractivity contribution in [1.29, 1.82) is 0 Å². The molecule has 3 rings (SSSR count). The van der Waals surface area contributed by atoms with Crippen LogP contribution in [0.1, 0.15) is 43.9 Å². The summed E-state index contributed by atoms with van der Waals surface area (Å²) in [7, 11) is 0. The van der Waals surface area contributed by atoms with Crippen molar-refractivity contribution in [2.24, 2.45) is 5.92 Å². The molecule has 1 fully saturated rings. The minimum Gasteiger partial charge on any atom is -0.394 e. The molecular weight excluding hydrogens is 380 g/mol. The fourth-order valence-electron chi connectivity index (χ4n) is 2.63. The van der Waals surface area contributed by atoms with E-state index in [-0.39, 0.29) is 12.6 Å². The third-order valence-corrected chi connectivity index (χ3v) is 5.10. The highest BCUT2D eigenvalue weighted by Crippen LogP contribution is 2.40. The molecule has 3 N–H and O–H groups in total. The Kier molecular flexibility index (Phi) is 5.59. The molecule has 1 saturated carbocycles. The van der Waals surface area contributed by atoms with Gasteiger partial charge in [-0.3, -0.25) is 0 Å². The molecule has 134 valence electrons. The van der Waals surface area contributed by atoms with E-state index in [0.717, 1.165) is 21.7 Å². The number of hydrogen-bond acceptors (Lipinski definition) is 5. The van der Waals surface area contributed by atoms with E-state index in [1.807, 2.05) is 12.1 Å². The van der Waals surface area contributed by atoms with Gasteiger partial charge in [-0.1, -0.05) is 19.9 Å². The van der Waals surface area contributed by atoms with E-state index >= 15 is 0 Å². The number of rotatable bonds is 7. The first-order valence-corrected chi connectivity index (χ1v) is 9.55. The molecule has 1 aromatic heterocycles. The van der Waals surface area contributed by atoms with Crippen molar-refractivity contribution in [2.45, 2.75) is 45.6 Å². The second kappa shape index (κ2) is 7.70. The van der Waals surface area contributed by atoms with Crippen LogP contribution in [0.15, 0.2) is 28.7 Å². The SMILES string of the molecule is Cc1ccc(Nc2cc(C3CC3)nc(N[C@@H](CO)C(C)C)n2)c(Br)c1. The lowest BCUT2D eigenvalue weighted by Crippen LogP contribution is -2.30. The summed E-state index contributed by atoms with van der Waals surface area (Å²) in [6.07, 6.45) is 2.36. The zero-order chi connectivity index (χ0) is 18.0. The Morgan fingerprint density at radius 3 is 2.60 bits per heavy atom. The Hall–Kier alpha value is -1.66. The van der Waals surface area contributed by atoms with Gasteiger partial charge in [0.05, 0.1) is 24.0 Å². The van der Waals surface area contributed by atoms with Gasteiger partial charge >= 0.3 is 0 Å². The Morgan fingerprint density at radius 2 is 2.00 bits per heavy atom. The molecule has 0 radical (unpaired) electrons. The number of halogens is 1. The molecule has 6 heteroatoms. The molecule has 2 aromatic rings. The summed E-state index contributed by atoms with van der Waals surface area (Å²) in [5, 5.41) is 16.2. The van der Waals surface area contributed by atoms with Gasteiger partial charge in [-0.25, -0.2) is 4.98 Å². The summed E-state index contributed by atoms with van der Waals surface area (Å²) in [5.41, 5.74) is 3.23. The maximum atomic E-state index is 9.58. The summed E-state index contributed by atoms with van der Waals surface area (Å²) in [4.78, 5) is 9.27. The maximum Gasteiger partial charge on any atom is 0.225 e. The van der Waals surface area contributed by atoms with Crippen molar-refractivity contribution < 1.29 is 5.11 Å². The summed E-state index contributed by atoms with van der Waals surface area (Å²) in [5.74, 6) is 2.16. The molecule has 25 heavy (non-hydrogen) atoms. The van der Waals surface area contributed by atoms with E-state index in [4.69, 9.17) is 0 Å². The average Bonchev–Trinajstić information content (AvgIpc) is 3.40. The quantitative estimate of drug-likeness (QED) is 0.628. The third-order valence-electron chi connectivity index (χ3n) is 4.44. The van der Waals surface area contributed by atoms with Crippen molar-refractivity contribution in [1.82, 2.24) is 9.97 Å². The van der Waals surface area contributed by atoms with Crippen LogP contribution in [0.4, 0.5) is 17.5 Å². The number of aryl methyl sites for hydroxylation is 1. The van der Waals surface area contributed by atoms with Gasteiger partial charge < -0.3 is 15.7 Å². The van der Waals surface area contributed by atoms with Gasteiger partial charge in [0, 0.05) is 16.5 Å². The lowest BCUT2D eigenvalue weighted by atomic mass is 10.1. The molecule has 5 nitrogen and oxygen atoms in total. The first-order valence-electron chi connectivity index (χ1n) is 8.76. The summed E-state index contributed by atoms with van der Waals surface area (Å²) in [6.45, 7) is 6.26. The average molecular weight is 405 g/mol. The van der Waals surface area contributed by atoms with Crippen LogP contribution < -0.4 is 10.6 Å². The molecule has 1 aromatic carbocycles. The fourth-order valence-corrected chi connectivity index (χ4v) is 3.22. The van der Waals surface area contributed by atoms with Gasteiger partial charge in [0.2, 0.25) is 5.95 Å². The van der Waals surface area contributed by atoms with E-state index < -0.39 is 0 Å². The number of aliphatic hydroxyl groups is 1. The summed E-state index contributed by atoms with van der Waals surface area (Å²) < 4.78 is 1.00. The molecular formula is C19H25BrN4O. The molecule has 0 amide bonds. The lowest BCUT2D eigenvalue weighted by molar-refractivity contribution is 0.248. The minimum atomic E-state index is -0.0617. The Bertz CT molecular complexity index is 746. The van der Waals surface area contributed by atoms with Crippen LogP contribution in [-0.2, 0) is 0 Å². The smallest absolute Gasteiger partial charge is 0.225 e. The second-order valence-corrected chi connectivity index (χ2v) is 7.92. The molecule has 0 bridgehead atoms. The molecule has 0 saturated heterocycles. The number of hydrogen-bond donors (Lipinski definition) is 3. The highest BCUT2D eigenvalue weighted by Gasteiger charge is 2.26. The number of benzene rings is 1. The normalized spacial score (nSPS) is 15.3. The Labute approximate surface area is 157 Å². The van der Waals surface area contributed by atoms with Gasteiger partial charge in [-0.2, -0.15) is 4.98 Å². The largest absolute Gasteiger partial charge is 0.394 e. The van der Waals surface area contributed by atoms with Crippen LogP contribution in [0.5, 0.6) is 0 Å². The van der Waals surface area contributed by atoms with Gasteiger partial charge in [-0.15, -0.1) is 0 Å². The monoisotopic (exact) mass is 404 g/mol. The number of aromatic nitrogens is 2. The van der Waals surface area contributed by atoms with Crippen molar-refractivity contribution >= 4 is 33.4 Å². The van der Waals surface area contributed by atoms with Crippen LogP contribution in [0.25, 0.3) is 0 Å². The number of nitrogens with one attached hydrogen (secondary N) is 2. The van der Waals surface area contributed by atoms with E-state index in [1.165, 1.54) is 18.4 Å². The fraction of sp³-hybridized carbons (Fsp3) is 0.474. The van der Waals surface area contributed by atoms with Crippen molar-refractivity contribution in [2.75, 3.05) is 17.2 Å². The first-order chi connectivity index (χ1) is 12.0. The van der Waals surface area contributed by atoms with Crippen LogP contribution >= 0.6 is 15.9 Å². The third kappa shape index (κ3) is 4.70. The van der Waals surface area contributed by atoms with Crippen LogP contribution in [-0.4, -0.2) is 27.7 Å². The highest BCUT2D eigenvalue weighted by atomic mass is 79.9. The Balaban J connectivity index is 1.87. The van der Waals surface area contributed by atoms with E-state index in [0.29, 0.717) is 17.8 Å². The highest BCUT2D eigenvalue weighted by molar-refractivity contribution is 9.10. The molecule has 0 spiro atoms. The number of nitrogens with zero attached hydrogens (tertiary/aromatic N) is 2. The van der Waals surface area contributed by atoms with Gasteiger partial charge in [0.15, 0.2) is 0 Å². The van der Waals surface area contributed by atoms with Gasteiger partial charge in [0.25, 0.3) is 0 Å². The zero-order valence-corrected chi connectivity index (χ0v) is 16.5. The summed E-state index contributed by atoms with van der Waals surface area (Å²) >= 11 is 3.60. The topological polar surface area (TPSA) is 70.1 Å². The standard InChI is InChI=1S/C19H25BrN4O/c1-11(2)17(10-25)23-19-22-16(13-5-6-13)9-18(24-19)21-15-7-4-12(3)8-14(15)20/h4,7-9,11,13,17,25H,5-6,10H2,1-3H3,(H2,21,22,23,24)/t17-/m0/s1. The van der Waals surface area contributed by atoms with Crippen LogP contribution in [0.3, 0.4) is 0 Å². The maximum absolute atomic E-state index is 9.58. The van der Waals surface area contributed by atoms with E-state index in [9.17, 15) is 5.11 Å². The molecule has 0 aliphatic heterocycles. The van der Waals surface area contributed by atoms with Gasteiger partial charge in [0.1, 0.15) is 5.82 Å². The predicted octanol–water partition coefficient (Wildman–Crippen LogP) is 4.60. The van der Waals surface area contributed by atoms with Crippen molar-refractivity contribution in [3.8, 4) is 0 Å². The summed E-state index contributed by atoms with van der Waals surface area (Å²) in [6, 6.07) is 8.14. The predicted molar refractivity (Wildman–Crippen MR) is 106 cm³/mol.